The van der Waals surface area contributed by atoms with Gasteiger partial charge in [0.25, 0.3) is 0 Å². The molecule has 0 aromatic rings. The SMILES string of the molecule is CCCCCCC/C=C/CCCCCCCCC1=NCC[N+]1(CC)CCNC(C)=O. The number of nitrogens with zero attached hydrogens (tertiary/aromatic N) is 2. The van der Waals surface area contributed by atoms with E-state index in [1.165, 1.54) is 89.3 Å². The third-order valence-corrected chi connectivity index (χ3v) is 6.55. The minimum atomic E-state index is 0.0693. The van der Waals surface area contributed by atoms with Gasteiger partial charge in [-0.1, -0.05) is 70.4 Å². The number of likely N-dealkylation sites (N-methyl/N-ethyl adjacent to an activating group) is 1. The Labute approximate surface area is 187 Å². The van der Waals surface area contributed by atoms with Crippen molar-refractivity contribution in [2.45, 2.75) is 111 Å². The highest BCUT2D eigenvalue weighted by molar-refractivity contribution is 5.77. The van der Waals surface area contributed by atoms with E-state index < -0.39 is 0 Å². The number of allylic oxidation sites excluding steroid dienone is 2. The summed E-state index contributed by atoms with van der Waals surface area (Å²) in [6.45, 7) is 11.0. The summed E-state index contributed by atoms with van der Waals surface area (Å²) < 4.78 is 0.991. The van der Waals surface area contributed by atoms with Crippen LogP contribution in [0.4, 0.5) is 0 Å². The fourth-order valence-electron chi connectivity index (χ4n) is 4.51. The Hall–Kier alpha value is -1.16. The van der Waals surface area contributed by atoms with Gasteiger partial charge in [-0.3, -0.25) is 9.28 Å². The van der Waals surface area contributed by atoms with Crippen molar-refractivity contribution in [3.8, 4) is 0 Å². The Morgan fingerprint density at radius 3 is 2.13 bits per heavy atom. The zero-order valence-electron chi connectivity index (χ0n) is 20.4. The van der Waals surface area contributed by atoms with Gasteiger partial charge in [0.15, 0.2) is 5.84 Å². The van der Waals surface area contributed by atoms with Crippen LogP contribution in [0.15, 0.2) is 17.1 Å². The summed E-state index contributed by atoms with van der Waals surface area (Å²) in [5, 5.41) is 2.96. The Bertz CT molecular complexity index is 501. The number of unbranched alkanes of at least 4 members (excludes halogenated alkanes) is 11. The lowest BCUT2D eigenvalue weighted by Crippen LogP contribution is -2.54. The van der Waals surface area contributed by atoms with Crippen molar-refractivity contribution < 1.29 is 9.28 Å². The van der Waals surface area contributed by atoms with Crippen molar-refractivity contribution in [3.63, 3.8) is 0 Å². The van der Waals surface area contributed by atoms with Crippen LogP contribution in [0.25, 0.3) is 0 Å². The normalized spacial score (nSPS) is 18.8. The van der Waals surface area contributed by atoms with E-state index in [1.807, 2.05) is 0 Å². The van der Waals surface area contributed by atoms with Gasteiger partial charge in [0.05, 0.1) is 19.6 Å². The third-order valence-electron chi connectivity index (χ3n) is 6.55. The Balaban J connectivity index is 2.02. The van der Waals surface area contributed by atoms with Crippen LogP contribution in [0.3, 0.4) is 0 Å². The summed E-state index contributed by atoms with van der Waals surface area (Å²) in [6, 6.07) is 0. The summed E-state index contributed by atoms with van der Waals surface area (Å²) in [6.07, 6.45) is 23.4. The molecule has 4 heteroatoms. The van der Waals surface area contributed by atoms with Crippen molar-refractivity contribution >= 4 is 11.7 Å². The molecule has 1 aliphatic heterocycles. The molecule has 1 amide bonds. The minimum Gasteiger partial charge on any atom is -0.351 e. The smallest absolute Gasteiger partial charge is 0.217 e. The van der Waals surface area contributed by atoms with E-state index in [0.29, 0.717) is 0 Å². The number of amidine groups is 1. The van der Waals surface area contributed by atoms with Gasteiger partial charge in [0.1, 0.15) is 13.1 Å². The summed E-state index contributed by atoms with van der Waals surface area (Å²) in [5.74, 6) is 1.45. The molecule has 0 saturated heterocycles. The third kappa shape index (κ3) is 11.9. The van der Waals surface area contributed by atoms with E-state index in [0.717, 1.165) is 43.6 Å². The zero-order chi connectivity index (χ0) is 21.9. The van der Waals surface area contributed by atoms with Crippen LogP contribution in [0.2, 0.25) is 0 Å². The van der Waals surface area contributed by atoms with Gasteiger partial charge in [-0.15, -0.1) is 0 Å². The summed E-state index contributed by atoms with van der Waals surface area (Å²) in [4.78, 5) is 16.0. The summed E-state index contributed by atoms with van der Waals surface area (Å²) in [7, 11) is 0. The molecule has 1 rings (SSSR count). The fourth-order valence-corrected chi connectivity index (χ4v) is 4.51. The van der Waals surface area contributed by atoms with Crippen LogP contribution in [0.1, 0.15) is 111 Å². The van der Waals surface area contributed by atoms with Gasteiger partial charge in [0.2, 0.25) is 5.91 Å². The van der Waals surface area contributed by atoms with Gasteiger partial charge in [0, 0.05) is 13.3 Å². The molecule has 174 valence electrons. The molecule has 0 spiro atoms. The lowest BCUT2D eigenvalue weighted by Gasteiger charge is -2.33. The number of nitrogens with one attached hydrogen (secondary N) is 1. The van der Waals surface area contributed by atoms with E-state index >= 15 is 0 Å². The van der Waals surface area contributed by atoms with E-state index in [-0.39, 0.29) is 5.91 Å². The molecule has 0 saturated carbocycles. The Morgan fingerprint density at radius 1 is 0.933 bits per heavy atom. The number of rotatable bonds is 19. The van der Waals surface area contributed by atoms with E-state index in [1.54, 1.807) is 6.92 Å². The van der Waals surface area contributed by atoms with Crippen LogP contribution in [0.5, 0.6) is 0 Å². The topological polar surface area (TPSA) is 41.5 Å². The lowest BCUT2D eigenvalue weighted by atomic mass is 10.1. The van der Waals surface area contributed by atoms with Gasteiger partial charge in [-0.2, -0.15) is 0 Å². The van der Waals surface area contributed by atoms with Gasteiger partial charge >= 0.3 is 0 Å². The molecule has 0 fully saturated rings. The number of quaternary nitrogens is 1. The van der Waals surface area contributed by atoms with Crippen molar-refractivity contribution in [1.29, 1.82) is 0 Å². The number of carbonyl (C=O) groups is 1. The van der Waals surface area contributed by atoms with E-state index in [4.69, 9.17) is 4.99 Å². The summed E-state index contributed by atoms with van der Waals surface area (Å²) in [5.41, 5.74) is 0. The first-order chi connectivity index (χ1) is 14.6. The molecule has 0 aromatic heterocycles. The molecular weight excluding hydrogens is 370 g/mol. The number of carbonyl (C=O) groups excluding carboxylic acids is 1. The molecule has 1 heterocycles. The van der Waals surface area contributed by atoms with Gasteiger partial charge in [-0.05, 0) is 39.0 Å². The molecular formula is C26H50N3O+. The molecule has 1 N–H and O–H groups in total. The van der Waals surface area contributed by atoms with Crippen molar-refractivity contribution in [2.75, 3.05) is 32.7 Å². The van der Waals surface area contributed by atoms with Crippen LogP contribution in [-0.4, -0.2) is 48.9 Å². The first-order valence-electron chi connectivity index (χ1n) is 12.9. The molecule has 0 bridgehead atoms. The second kappa shape index (κ2) is 17.5. The predicted molar refractivity (Wildman–Crippen MR) is 131 cm³/mol. The Morgan fingerprint density at radius 2 is 1.53 bits per heavy atom. The minimum absolute atomic E-state index is 0.0693. The van der Waals surface area contributed by atoms with Crippen LogP contribution < -0.4 is 5.32 Å². The molecule has 4 nitrogen and oxygen atoms in total. The van der Waals surface area contributed by atoms with Gasteiger partial charge < -0.3 is 5.32 Å². The summed E-state index contributed by atoms with van der Waals surface area (Å²) >= 11 is 0. The second-order valence-electron chi connectivity index (χ2n) is 9.02. The molecule has 0 aromatic carbocycles. The molecule has 0 aliphatic carbocycles. The molecule has 30 heavy (non-hydrogen) atoms. The maximum Gasteiger partial charge on any atom is 0.217 e. The van der Waals surface area contributed by atoms with Crippen LogP contribution in [0, 0.1) is 0 Å². The number of hydrogen-bond acceptors (Lipinski definition) is 2. The number of aliphatic imine (C=N–C) groups is 1. The average Bonchev–Trinajstić information content (AvgIpc) is 3.13. The first kappa shape index (κ1) is 26.9. The lowest BCUT2D eigenvalue weighted by molar-refractivity contribution is -0.833. The molecule has 1 unspecified atom stereocenters. The molecule has 1 aliphatic rings. The zero-order valence-corrected chi connectivity index (χ0v) is 20.4. The molecule has 0 radical (unpaired) electrons. The largest absolute Gasteiger partial charge is 0.351 e. The van der Waals surface area contributed by atoms with Crippen molar-refractivity contribution in [3.05, 3.63) is 12.2 Å². The van der Waals surface area contributed by atoms with Crippen LogP contribution >= 0.6 is 0 Å². The van der Waals surface area contributed by atoms with Crippen molar-refractivity contribution in [2.24, 2.45) is 4.99 Å². The second-order valence-corrected chi connectivity index (χ2v) is 9.02. The number of amides is 1. The van der Waals surface area contributed by atoms with Crippen LogP contribution in [-0.2, 0) is 4.79 Å². The fraction of sp³-hybridized carbons (Fsp3) is 0.846. The van der Waals surface area contributed by atoms with Gasteiger partial charge in [-0.25, -0.2) is 4.99 Å². The maximum atomic E-state index is 11.2. The highest BCUT2D eigenvalue weighted by atomic mass is 16.1. The standard InChI is InChI=1S/C26H49N3O/c1-4-6-7-8-9-10-11-12-13-14-15-16-17-18-19-20-26-28-22-24-29(26,5-2)23-21-27-25(3)30/h11-12H,4-10,13-24H2,1-3H3/p+1/b12-11+. The molecule has 1 atom stereocenters. The first-order valence-corrected chi connectivity index (χ1v) is 12.9. The van der Waals surface area contributed by atoms with Crippen molar-refractivity contribution in [1.82, 2.24) is 5.32 Å². The highest BCUT2D eigenvalue weighted by Crippen LogP contribution is 2.20. The average molecular weight is 421 g/mol. The maximum absolute atomic E-state index is 11.2. The Kier molecular flexibility index (Phi) is 15.7. The quantitative estimate of drug-likeness (QED) is 0.146. The monoisotopic (exact) mass is 420 g/mol. The van der Waals surface area contributed by atoms with E-state index in [9.17, 15) is 4.79 Å². The highest BCUT2D eigenvalue weighted by Gasteiger charge is 2.35. The number of hydrogen-bond donors (Lipinski definition) is 1. The van der Waals surface area contributed by atoms with E-state index in [2.05, 4.69) is 31.3 Å². The predicted octanol–water partition coefficient (Wildman–Crippen LogP) is 6.41.